The maximum atomic E-state index is 11.9. The van der Waals surface area contributed by atoms with Crippen molar-refractivity contribution >= 4 is 5.91 Å². The molecule has 1 aromatic heterocycles. The molecule has 0 aliphatic carbocycles. The fraction of sp³-hybridized carbons (Fsp3) is 0.133. The Balaban J connectivity index is 2.03. The lowest BCUT2D eigenvalue weighted by Crippen LogP contribution is -2.24. The molecule has 0 bridgehead atoms. The van der Waals surface area contributed by atoms with Crippen molar-refractivity contribution in [2.45, 2.75) is 13.1 Å². The molecule has 20 heavy (non-hydrogen) atoms. The van der Waals surface area contributed by atoms with Crippen LogP contribution < -0.4 is 11.1 Å². The molecule has 2 aromatic rings. The van der Waals surface area contributed by atoms with Crippen LogP contribution in [0.3, 0.4) is 0 Å². The maximum absolute atomic E-state index is 11.9. The summed E-state index contributed by atoms with van der Waals surface area (Å²) in [5.74, 6) is -0.277. The predicted octanol–water partition coefficient (Wildman–Crippen LogP) is 1.34. The van der Waals surface area contributed by atoms with E-state index in [1.165, 1.54) is 12.3 Å². The minimum atomic E-state index is -0.277. The molecule has 0 radical (unpaired) electrons. The summed E-state index contributed by atoms with van der Waals surface area (Å²) in [7, 11) is 0. The molecular formula is C15H14N4O. The van der Waals surface area contributed by atoms with E-state index in [1.807, 2.05) is 30.3 Å². The first kappa shape index (κ1) is 13.7. The predicted molar refractivity (Wildman–Crippen MR) is 74.5 cm³/mol. The number of hydrogen-bond donors (Lipinski definition) is 2. The number of carbonyl (C=O) groups excluding carboxylic acids is 1. The molecule has 3 N–H and O–H groups in total. The van der Waals surface area contributed by atoms with E-state index in [0.29, 0.717) is 18.7 Å². The number of amides is 1. The molecule has 0 spiro atoms. The van der Waals surface area contributed by atoms with Crippen molar-refractivity contribution in [1.82, 2.24) is 10.3 Å². The molecule has 100 valence electrons. The molecule has 2 rings (SSSR count). The third-order valence-electron chi connectivity index (χ3n) is 2.90. The van der Waals surface area contributed by atoms with Gasteiger partial charge < -0.3 is 11.1 Å². The van der Waals surface area contributed by atoms with E-state index in [0.717, 1.165) is 11.1 Å². The molecule has 5 nitrogen and oxygen atoms in total. The molecule has 0 saturated carbocycles. The minimum absolute atomic E-state index is 0.277. The van der Waals surface area contributed by atoms with Crippen LogP contribution in [0.25, 0.3) is 0 Å². The van der Waals surface area contributed by atoms with Gasteiger partial charge in [0.05, 0.1) is 5.56 Å². The van der Waals surface area contributed by atoms with Gasteiger partial charge >= 0.3 is 0 Å². The number of aromatic nitrogens is 1. The summed E-state index contributed by atoms with van der Waals surface area (Å²) in [6.07, 6.45) is 1.38. The highest BCUT2D eigenvalue weighted by Crippen LogP contribution is 2.08. The summed E-state index contributed by atoms with van der Waals surface area (Å²) < 4.78 is 0. The van der Waals surface area contributed by atoms with E-state index in [9.17, 15) is 4.79 Å². The fourth-order valence-electron chi connectivity index (χ4n) is 1.79. The van der Waals surface area contributed by atoms with Crippen LogP contribution in [0.2, 0.25) is 0 Å². The quantitative estimate of drug-likeness (QED) is 0.873. The number of nitrogens with two attached hydrogens (primary N) is 1. The lowest BCUT2D eigenvalue weighted by molar-refractivity contribution is 0.0946. The van der Waals surface area contributed by atoms with Gasteiger partial charge in [0.1, 0.15) is 11.8 Å². The Hall–Kier alpha value is -2.71. The Kier molecular flexibility index (Phi) is 4.43. The molecule has 0 fully saturated rings. The average Bonchev–Trinajstić information content (AvgIpc) is 2.53. The zero-order chi connectivity index (χ0) is 14.4. The average molecular weight is 266 g/mol. The number of carbonyl (C=O) groups is 1. The van der Waals surface area contributed by atoms with E-state index in [1.54, 1.807) is 6.07 Å². The third kappa shape index (κ3) is 3.19. The summed E-state index contributed by atoms with van der Waals surface area (Å²) in [6.45, 7) is 0.828. The van der Waals surface area contributed by atoms with E-state index < -0.39 is 0 Å². The molecule has 1 heterocycles. The number of nitrogens with one attached hydrogen (secondary N) is 1. The Morgan fingerprint density at radius 2 is 2.00 bits per heavy atom. The van der Waals surface area contributed by atoms with Crippen molar-refractivity contribution in [3.63, 3.8) is 0 Å². The summed E-state index contributed by atoms with van der Waals surface area (Å²) >= 11 is 0. The van der Waals surface area contributed by atoms with Crippen molar-refractivity contribution in [2.24, 2.45) is 5.73 Å². The summed E-state index contributed by atoms with van der Waals surface area (Å²) in [6, 6.07) is 12.7. The molecule has 0 aliphatic heterocycles. The van der Waals surface area contributed by atoms with Crippen molar-refractivity contribution < 1.29 is 4.79 Å². The summed E-state index contributed by atoms with van der Waals surface area (Å²) in [4.78, 5) is 15.9. The first-order valence-electron chi connectivity index (χ1n) is 6.16. The summed E-state index contributed by atoms with van der Waals surface area (Å²) in [5, 5.41) is 11.5. The van der Waals surface area contributed by atoms with Crippen molar-refractivity contribution in [2.75, 3.05) is 0 Å². The lowest BCUT2D eigenvalue weighted by atomic mass is 10.1. The number of nitriles is 1. The van der Waals surface area contributed by atoms with E-state index in [4.69, 9.17) is 11.0 Å². The van der Waals surface area contributed by atoms with Crippen LogP contribution in [0.15, 0.2) is 42.6 Å². The smallest absolute Gasteiger partial charge is 0.270 e. The number of rotatable bonds is 4. The first-order valence-corrected chi connectivity index (χ1v) is 6.16. The standard InChI is InChI=1S/C15H14N4O/c16-7-11-5-6-14(18-9-11)15(20)19-10-13-4-2-1-3-12(13)8-17/h1-6,9H,8,10,17H2,(H,19,20). The van der Waals surface area contributed by atoms with Gasteiger partial charge in [-0.3, -0.25) is 4.79 Å². The van der Waals surface area contributed by atoms with Crippen molar-refractivity contribution in [3.05, 3.63) is 65.0 Å². The van der Waals surface area contributed by atoms with Gasteiger partial charge in [-0.2, -0.15) is 5.26 Å². The maximum Gasteiger partial charge on any atom is 0.270 e. The normalized spacial score (nSPS) is 9.80. The van der Waals surface area contributed by atoms with Gasteiger partial charge in [0.2, 0.25) is 0 Å². The number of hydrogen-bond acceptors (Lipinski definition) is 4. The Labute approximate surface area is 117 Å². The van der Waals surface area contributed by atoms with Gasteiger partial charge in [-0.05, 0) is 23.3 Å². The van der Waals surface area contributed by atoms with E-state index >= 15 is 0 Å². The van der Waals surface area contributed by atoms with Crippen molar-refractivity contribution in [1.29, 1.82) is 5.26 Å². The highest BCUT2D eigenvalue weighted by atomic mass is 16.1. The van der Waals surface area contributed by atoms with Crippen LogP contribution >= 0.6 is 0 Å². The second-order valence-electron chi connectivity index (χ2n) is 4.20. The van der Waals surface area contributed by atoms with Gasteiger partial charge in [0.25, 0.3) is 5.91 Å². The SMILES string of the molecule is N#Cc1ccc(C(=O)NCc2ccccc2CN)nc1. The molecule has 5 heteroatoms. The van der Waals surface area contributed by atoms with Crippen LogP contribution in [-0.2, 0) is 13.1 Å². The molecule has 0 atom stereocenters. The van der Waals surface area contributed by atoms with E-state index in [-0.39, 0.29) is 11.6 Å². The number of nitrogens with zero attached hydrogens (tertiary/aromatic N) is 2. The van der Waals surface area contributed by atoms with Gasteiger partial charge in [-0.25, -0.2) is 4.98 Å². The Bertz CT molecular complexity index is 644. The monoisotopic (exact) mass is 266 g/mol. The highest BCUT2D eigenvalue weighted by Gasteiger charge is 2.08. The first-order chi connectivity index (χ1) is 9.74. The molecule has 1 aromatic carbocycles. The Morgan fingerprint density at radius 1 is 1.25 bits per heavy atom. The van der Waals surface area contributed by atoms with E-state index in [2.05, 4.69) is 10.3 Å². The van der Waals surface area contributed by atoms with Gasteiger partial charge in [0, 0.05) is 19.3 Å². The van der Waals surface area contributed by atoms with Crippen molar-refractivity contribution in [3.8, 4) is 6.07 Å². The van der Waals surface area contributed by atoms with Gasteiger partial charge in [-0.15, -0.1) is 0 Å². The summed E-state index contributed by atoms with van der Waals surface area (Å²) in [5.41, 5.74) is 8.34. The molecule has 1 amide bonds. The topological polar surface area (TPSA) is 91.8 Å². The molecule has 0 saturated heterocycles. The zero-order valence-corrected chi connectivity index (χ0v) is 10.8. The lowest BCUT2D eigenvalue weighted by Gasteiger charge is -2.08. The van der Waals surface area contributed by atoms with Crippen LogP contribution in [0, 0.1) is 11.3 Å². The van der Waals surface area contributed by atoms with Crippen LogP contribution in [0.1, 0.15) is 27.2 Å². The van der Waals surface area contributed by atoms with Gasteiger partial charge in [0.15, 0.2) is 0 Å². The Morgan fingerprint density at radius 3 is 2.60 bits per heavy atom. The second kappa shape index (κ2) is 6.45. The number of pyridine rings is 1. The molecule has 0 unspecified atom stereocenters. The largest absolute Gasteiger partial charge is 0.347 e. The highest BCUT2D eigenvalue weighted by molar-refractivity contribution is 5.92. The van der Waals surface area contributed by atoms with Crippen LogP contribution in [0.4, 0.5) is 0 Å². The third-order valence-corrected chi connectivity index (χ3v) is 2.90. The van der Waals surface area contributed by atoms with Crippen LogP contribution in [-0.4, -0.2) is 10.9 Å². The van der Waals surface area contributed by atoms with Gasteiger partial charge in [-0.1, -0.05) is 24.3 Å². The molecular weight excluding hydrogens is 252 g/mol. The number of benzene rings is 1. The minimum Gasteiger partial charge on any atom is -0.347 e. The van der Waals surface area contributed by atoms with Crippen LogP contribution in [0.5, 0.6) is 0 Å². The zero-order valence-electron chi connectivity index (χ0n) is 10.8. The fourth-order valence-corrected chi connectivity index (χ4v) is 1.79. The second-order valence-corrected chi connectivity index (χ2v) is 4.20. The molecule has 0 aliphatic rings.